The van der Waals surface area contributed by atoms with Crippen molar-refractivity contribution in [1.29, 1.82) is 0 Å². The molecule has 0 spiro atoms. The fourth-order valence-corrected chi connectivity index (χ4v) is 1.12. The molecule has 0 fully saturated rings. The Morgan fingerprint density at radius 1 is 1.27 bits per heavy atom. The predicted molar refractivity (Wildman–Crippen MR) is 46.5 cm³/mol. The number of aliphatic hydroxyl groups excluding tert-OH is 1. The van der Waals surface area contributed by atoms with Crippen molar-refractivity contribution < 1.29 is 28.2 Å². The highest BCUT2D eigenvalue weighted by atomic mass is 19.4. The van der Waals surface area contributed by atoms with Gasteiger partial charge in [0.15, 0.2) is 0 Å². The van der Waals surface area contributed by atoms with Crippen molar-refractivity contribution in [2.24, 2.45) is 0 Å². The van der Waals surface area contributed by atoms with Gasteiger partial charge in [-0.1, -0.05) is 0 Å². The van der Waals surface area contributed by atoms with Gasteiger partial charge in [0.25, 0.3) is 0 Å². The van der Waals surface area contributed by atoms with Crippen LogP contribution in [0, 0.1) is 0 Å². The van der Waals surface area contributed by atoms with Crippen LogP contribution >= 0.6 is 0 Å². The van der Waals surface area contributed by atoms with Gasteiger partial charge in [-0.15, -0.1) is 0 Å². The summed E-state index contributed by atoms with van der Waals surface area (Å²) in [5, 5.41) is 16.8. The first-order valence-electron chi connectivity index (χ1n) is 4.47. The standard InChI is InChI=1S/C8H14F3NO3/c9-8(10,11)6-12(4-5-13)3-1-2-7(14)15/h13H,1-6H2,(H,14,15). The summed E-state index contributed by atoms with van der Waals surface area (Å²) in [6.07, 6.45) is -4.34. The zero-order chi connectivity index (χ0) is 11.9. The summed E-state index contributed by atoms with van der Waals surface area (Å²) in [6.45, 7) is -1.57. The molecule has 0 rings (SSSR count). The van der Waals surface area contributed by atoms with E-state index in [1.54, 1.807) is 0 Å². The van der Waals surface area contributed by atoms with Gasteiger partial charge in [0.1, 0.15) is 0 Å². The number of carbonyl (C=O) groups is 1. The average Bonchev–Trinajstić information content (AvgIpc) is 2.00. The molecule has 0 saturated carbocycles. The van der Waals surface area contributed by atoms with E-state index in [4.69, 9.17) is 10.2 Å². The van der Waals surface area contributed by atoms with Gasteiger partial charge in [0.2, 0.25) is 0 Å². The number of rotatable bonds is 7. The SMILES string of the molecule is O=C(O)CCCN(CCO)CC(F)(F)F. The van der Waals surface area contributed by atoms with Crippen LogP contribution in [0.15, 0.2) is 0 Å². The van der Waals surface area contributed by atoms with Gasteiger partial charge in [-0.05, 0) is 13.0 Å². The molecule has 0 heterocycles. The molecule has 0 aromatic heterocycles. The maximum Gasteiger partial charge on any atom is 0.401 e. The van der Waals surface area contributed by atoms with Crippen molar-refractivity contribution in [2.75, 3.05) is 26.2 Å². The highest BCUT2D eigenvalue weighted by molar-refractivity contribution is 5.66. The number of aliphatic hydroxyl groups is 1. The summed E-state index contributed by atoms with van der Waals surface area (Å²) in [7, 11) is 0. The molecule has 0 aliphatic rings. The monoisotopic (exact) mass is 229 g/mol. The molecule has 0 unspecified atom stereocenters. The van der Waals surface area contributed by atoms with Gasteiger partial charge >= 0.3 is 12.1 Å². The van der Waals surface area contributed by atoms with Gasteiger partial charge in [0.05, 0.1) is 13.2 Å². The normalized spacial score (nSPS) is 12.1. The molecule has 0 aliphatic carbocycles. The third-order valence-electron chi connectivity index (χ3n) is 1.68. The molecular weight excluding hydrogens is 215 g/mol. The zero-order valence-electron chi connectivity index (χ0n) is 8.13. The molecule has 0 amide bonds. The number of halogens is 3. The van der Waals surface area contributed by atoms with Crippen LogP contribution in [-0.4, -0.2) is 53.5 Å². The Balaban J connectivity index is 3.88. The molecule has 0 aliphatic heterocycles. The fraction of sp³-hybridized carbons (Fsp3) is 0.875. The van der Waals surface area contributed by atoms with Crippen LogP contribution in [0.3, 0.4) is 0 Å². The second-order valence-corrected chi connectivity index (χ2v) is 3.11. The summed E-state index contributed by atoms with van der Waals surface area (Å²) in [4.78, 5) is 11.1. The summed E-state index contributed by atoms with van der Waals surface area (Å²) in [5.74, 6) is -1.04. The van der Waals surface area contributed by atoms with Crippen LogP contribution in [0.1, 0.15) is 12.8 Å². The highest BCUT2D eigenvalue weighted by Crippen LogP contribution is 2.16. The molecule has 0 radical (unpaired) electrons. The molecule has 0 bridgehead atoms. The Morgan fingerprint density at radius 2 is 1.87 bits per heavy atom. The third-order valence-corrected chi connectivity index (χ3v) is 1.68. The van der Waals surface area contributed by atoms with E-state index in [-0.39, 0.29) is 32.5 Å². The van der Waals surface area contributed by atoms with Crippen LogP contribution in [0.25, 0.3) is 0 Å². The van der Waals surface area contributed by atoms with E-state index in [1.807, 2.05) is 0 Å². The summed E-state index contributed by atoms with van der Waals surface area (Å²) < 4.78 is 35.9. The Morgan fingerprint density at radius 3 is 2.27 bits per heavy atom. The van der Waals surface area contributed by atoms with Gasteiger partial charge in [0, 0.05) is 13.0 Å². The molecule has 15 heavy (non-hydrogen) atoms. The van der Waals surface area contributed by atoms with Crippen molar-refractivity contribution in [3.63, 3.8) is 0 Å². The number of carboxylic acid groups (broad SMARTS) is 1. The van der Waals surface area contributed by atoms with E-state index >= 15 is 0 Å². The lowest BCUT2D eigenvalue weighted by Crippen LogP contribution is -2.37. The largest absolute Gasteiger partial charge is 0.481 e. The minimum atomic E-state index is -4.32. The molecule has 2 N–H and O–H groups in total. The lowest BCUT2D eigenvalue weighted by Gasteiger charge is -2.22. The number of alkyl halides is 3. The van der Waals surface area contributed by atoms with Gasteiger partial charge < -0.3 is 10.2 Å². The lowest BCUT2D eigenvalue weighted by atomic mass is 10.3. The minimum absolute atomic E-state index is 0.0202. The molecule has 0 aromatic rings. The Bertz CT molecular complexity index is 196. The van der Waals surface area contributed by atoms with Crippen molar-refractivity contribution in [1.82, 2.24) is 4.90 Å². The summed E-state index contributed by atoms with van der Waals surface area (Å²) in [6, 6.07) is 0. The molecule has 0 aromatic carbocycles. The second kappa shape index (κ2) is 6.62. The maximum absolute atomic E-state index is 12.0. The zero-order valence-corrected chi connectivity index (χ0v) is 8.13. The van der Waals surface area contributed by atoms with E-state index in [0.717, 1.165) is 4.90 Å². The van der Waals surface area contributed by atoms with Crippen LogP contribution in [0.5, 0.6) is 0 Å². The first kappa shape index (κ1) is 14.2. The third kappa shape index (κ3) is 9.48. The van der Waals surface area contributed by atoms with Crippen molar-refractivity contribution in [3.8, 4) is 0 Å². The van der Waals surface area contributed by atoms with Crippen molar-refractivity contribution in [2.45, 2.75) is 19.0 Å². The lowest BCUT2D eigenvalue weighted by molar-refractivity contribution is -0.147. The first-order valence-corrected chi connectivity index (χ1v) is 4.47. The molecule has 7 heteroatoms. The smallest absolute Gasteiger partial charge is 0.401 e. The van der Waals surface area contributed by atoms with E-state index in [1.165, 1.54) is 0 Å². The first-order chi connectivity index (χ1) is 6.85. The highest BCUT2D eigenvalue weighted by Gasteiger charge is 2.30. The second-order valence-electron chi connectivity index (χ2n) is 3.11. The molecule has 90 valence electrons. The average molecular weight is 229 g/mol. The van der Waals surface area contributed by atoms with Crippen LogP contribution < -0.4 is 0 Å². The van der Waals surface area contributed by atoms with Crippen molar-refractivity contribution in [3.05, 3.63) is 0 Å². The van der Waals surface area contributed by atoms with E-state index in [2.05, 4.69) is 0 Å². The Labute approximate surface area is 85.3 Å². The van der Waals surface area contributed by atoms with Crippen LogP contribution in [0.4, 0.5) is 13.2 Å². The number of hydrogen-bond donors (Lipinski definition) is 2. The summed E-state index contributed by atoms with van der Waals surface area (Å²) in [5.41, 5.74) is 0. The van der Waals surface area contributed by atoms with E-state index in [9.17, 15) is 18.0 Å². The van der Waals surface area contributed by atoms with E-state index in [0.29, 0.717) is 0 Å². The van der Waals surface area contributed by atoms with Gasteiger partial charge in [-0.2, -0.15) is 13.2 Å². The van der Waals surface area contributed by atoms with Gasteiger partial charge in [-0.3, -0.25) is 9.69 Å². The summed E-state index contributed by atoms with van der Waals surface area (Å²) >= 11 is 0. The van der Waals surface area contributed by atoms with Gasteiger partial charge in [-0.25, -0.2) is 0 Å². The Kier molecular flexibility index (Phi) is 6.26. The number of nitrogens with zero attached hydrogens (tertiary/aromatic N) is 1. The van der Waals surface area contributed by atoms with Crippen LogP contribution in [-0.2, 0) is 4.79 Å². The quantitative estimate of drug-likeness (QED) is 0.675. The molecular formula is C8H14F3NO3. The fourth-order valence-electron chi connectivity index (χ4n) is 1.12. The maximum atomic E-state index is 12.0. The predicted octanol–water partition coefficient (Wildman–Crippen LogP) is 0.708. The van der Waals surface area contributed by atoms with Crippen molar-refractivity contribution >= 4 is 5.97 Å². The molecule has 4 nitrogen and oxygen atoms in total. The number of hydrogen-bond acceptors (Lipinski definition) is 3. The number of carboxylic acids is 1. The number of aliphatic carboxylic acids is 1. The Hall–Kier alpha value is -0.820. The minimum Gasteiger partial charge on any atom is -0.481 e. The van der Waals surface area contributed by atoms with Crippen LogP contribution in [0.2, 0.25) is 0 Å². The molecule has 0 atom stereocenters. The van der Waals surface area contributed by atoms with E-state index < -0.39 is 18.7 Å². The topological polar surface area (TPSA) is 60.8 Å². The molecule has 0 saturated heterocycles.